The van der Waals surface area contributed by atoms with Gasteiger partial charge in [-0.3, -0.25) is 9.63 Å². The van der Waals surface area contributed by atoms with Gasteiger partial charge in [-0.1, -0.05) is 0 Å². The van der Waals surface area contributed by atoms with Crippen molar-refractivity contribution in [3.63, 3.8) is 0 Å². The molecule has 5 aliphatic rings. The van der Waals surface area contributed by atoms with Crippen LogP contribution in [0.15, 0.2) is 0 Å². The van der Waals surface area contributed by atoms with Crippen molar-refractivity contribution < 1.29 is 38.1 Å². The van der Waals surface area contributed by atoms with Crippen molar-refractivity contribution in [2.45, 2.75) is 89.0 Å². The smallest absolute Gasteiger partial charge is 0.326 e. The Bertz CT molecular complexity index is 639. The molecule has 8 atom stereocenters. The predicted molar refractivity (Wildman–Crippen MR) is 88.0 cm³/mol. The monoisotopic (exact) mass is 385 g/mol. The largest absolute Gasteiger partial charge is 0.464 e. The second-order valence-corrected chi connectivity index (χ2v) is 8.83. The molecular formula is C18H27NO8. The summed E-state index contributed by atoms with van der Waals surface area (Å²) in [6, 6.07) is -0.492. The second kappa shape index (κ2) is 5.85. The van der Waals surface area contributed by atoms with E-state index in [4.69, 9.17) is 33.3 Å². The van der Waals surface area contributed by atoms with Crippen LogP contribution < -0.4 is 0 Å². The molecule has 0 aliphatic carbocycles. The Morgan fingerprint density at radius 3 is 2.41 bits per heavy atom. The first-order valence-electron chi connectivity index (χ1n) is 9.60. The summed E-state index contributed by atoms with van der Waals surface area (Å²) >= 11 is 0. The molecule has 5 saturated heterocycles. The molecule has 0 N–H and O–H groups in total. The van der Waals surface area contributed by atoms with Crippen LogP contribution in [0.25, 0.3) is 0 Å². The van der Waals surface area contributed by atoms with Gasteiger partial charge in [0.1, 0.15) is 30.5 Å². The van der Waals surface area contributed by atoms with Gasteiger partial charge in [-0.2, -0.15) is 0 Å². The van der Waals surface area contributed by atoms with E-state index in [2.05, 4.69) is 0 Å². The number of rotatable bonds is 2. The minimum absolute atomic E-state index is 0.0149. The van der Waals surface area contributed by atoms with Crippen LogP contribution in [0, 0.1) is 5.92 Å². The molecule has 5 rings (SSSR count). The van der Waals surface area contributed by atoms with Crippen molar-refractivity contribution >= 4 is 5.97 Å². The van der Waals surface area contributed by atoms with E-state index in [0.717, 1.165) is 0 Å². The maximum absolute atomic E-state index is 12.3. The molecule has 5 aliphatic heterocycles. The zero-order valence-electron chi connectivity index (χ0n) is 16.2. The number of nitrogens with zero attached hydrogens (tertiary/aromatic N) is 1. The van der Waals surface area contributed by atoms with Crippen molar-refractivity contribution in [2.24, 2.45) is 5.92 Å². The number of cyclic esters (lactones) is 1. The van der Waals surface area contributed by atoms with Crippen molar-refractivity contribution in [1.82, 2.24) is 5.06 Å². The second-order valence-electron chi connectivity index (χ2n) is 8.83. The molecule has 5 fully saturated rings. The topological polar surface area (TPSA) is 84.9 Å². The number of carbonyl (C=O) groups is 1. The lowest BCUT2D eigenvalue weighted by Gasteiger charge is -2.31. The third-order valence-electron chi connectivity index (χ3n) is 5.94. The minimum Gasteiger partial charge on any atom is -0.464 e. The molecule has 0 unspecified atom stereocenters. The fourth-order valence-electron chi connectivity index (χ4n) is 4.76. The van der Waals surface area contributed by atoms with Gasteiger partial charge in [0.2, 0.25) is 0 Å². The molecule has 0 amide bonds. The molecule has 9 heteroatoms. The lowest BCUT2D eigenvalue weighted by Crippen LogP contribution is -2.48. The molecule has 0 saturated carbocycles. The summed E-state index contributed by atoms with van der Waals surface area (Å²) in [6.45, 7) is 10.2. The first kappa shape index (κ1) is 18.2. The summed E-state index contributed by atoms with van der Waals surface area (Å²) in [5.41, 5.74) is 0. The molecule has 0 aromatic carbocycles. The first-order valence-corrected chi connectivity index (χ1v) is 9.60. The van der Waals surface area contributed by atoms with Crippen LogP contribution >= 0.6 is 0 Å². The summed E-state index contributed by atoms with van der Waals surface area (Å²) < 4.78 is 35.6. The number of ether oxygens (including phenoxy) is 6. The molecular weight excluding hydrogens is 358 g/mol. The first-order chi connectivity index (χ1) is 12.7. The molecule has 0 bridgehead atoms. The van der Waals surface area contributed by atoms with E-state index in [1.165, 1.54) is 0 Å². The van der Waals surface area contributed by atoms with Crippen LogP contribution in [0.3, 0.4) is 0 Å². The van der Waals surface area contributed by atoms with Gasteiger partial charge in [0.05, 0.1) is 19.3 Å². The van der Waals surface area contributed by atoms with Gasteiger partial charge < -0.3 is 28.4 Å². The van der Waals surface area contributed by atoms with Gasteiger partial charge in [-0.15, -0.1) is 5.06 Å². The van der Waals surface area contributed by atoms with Crippen LogP contribution in [0.5, 0.6) is 0 Å². The Labute approximate surface area is 158 Å². The van der Waals surface area contributed by atoms with Crippen molar-refractivity contribution in [3.8, 4) is 0 Å². The highest BCUT2D eigenvalue weighted by molar-refractivity contribution is 5.78. The highest BCUT2D eigenvalue weighted by atomic mass is 16.8. The van der Waals surface area contributed by atoms with Gasteiger partial charge in [0, 0.05) is 5.92 Å². The Morgan fingerprint density at radius 1 is 0.963 bits per heavy atom. The fourth-order valence-corrected chi connectivity index (χ4v) is 4.76. The molecule has 152 valence electrons. The summed E-state index contributed by atoms with van der Waals surface area (Å²) in [7, 11) is 0. The van der Waals surface area contributed by atoms with Crippen LogP contribution in [-0.4, -0.2) is 78.6 Å². The average Bonchev–Trinajstić information content (AvgIpc) is 3.31. The number of hydrogen-bond donors (Lipinski definition) is 0. The number of fused-ring (bicyclic) bond motifs is 2. The van der Waals surface area contributed by atoms with E-state index in [-0.39, 0.29) is 36.3 Å². The van der Waals surface area contributed by atoms with E-state index < -0.39 is 29.9 Å². The molecule has 0 spiro atoms. The number of esters is 1. The quantitative estimate of drug-likeness (QED) is 0.633. The van der Waals surface area contributed by atoms with E-state index in [0.29, 0.717) is 13.2 Å². The van der Waals surface area contributed by atoms with Crippen LogP contribution in [0.4, 0.5) is 0 Å². The van der Waals surface area contributed by atoms with E-state index in [9.17, 15) is 4.79 Å². The summed E-state index contributed by atoms with van der Waals surface area (Å²) in [5, 5.41) is 1.62. The zero-order valence-corrected chi connectivity index (χ0v) is 16.2. The van der Waals surface area contributed by atoms with E-state index in [1.54, 1.807) is 5.06 Å². The fraction of sp³-hybridized carbons (Fsp3) is 0.944. The van der Waals surface area contributed by atoms with Crippen LogP contribution in [-0.2, 0) is 38.1 Å². The predicted octanol–water partition coefficient (Wildman–Crippen LogP) is 0.560. The zero-order chi connectivity index (χ0) is 19.1. The van der Waals surface area contributed by atoms with Crippen LogP contribution in [0.1, 0.15) is 34.6 Å². The normalized spacial score (nSPS) is 50.8. The lowest BCUT2D eigenvalue weighted by atomic mass is 9.99. The number of carbonyl (C=O) groups excluding carboxylic acids is 1. The van der Waals surface area contributed by atoms with Crippen molar-refractivity contribution in [3.05, 3.63) is 0 Å². The molecule has 0 radical (unpaired) electrons. The Hall–Kier alpha value is -0.810. The third-order valence-corrected chi connectivity index (χ3v) is 5.94. The van der Waals surface area contributed by atoms with Crippen molar-refractivity contribution in [2.75, 3.05) is 13.2 Å². The minimum atomic E-state index is -0.758. The van der Waals surface area contributed by atoms with E-state index >= 15 is 0 Å². The van der Waals surface area contributed by atoms with Gasteiger partial charge in [0.25, 0.3) is 0 Å². The van der Waals surface area contributed by atoms with Gasteiger partial charge in [-0.25, -0.2) is 0 Å². The highest BCUT2D eigenvalue weighted by Gasteiger charge is 2.64. The number of hydroxylamine groups is 2. The standard InChI is InChI=1S/C18H27NO8/c1-8-9-6-21-16(20)11(9)19(27-8)15-14-13(25-18(4,5)26-14)12(23-15)10-7-22-17(2,3)24-10/h8-15H,6-7H2,1-5H3/t8-,9-,10+,11+,12-,13+,14+,15+/m1/s1. The third kappa shape index (κ3) is 2.83. The Morgan fingerprint density at radius 2 is 1.70 bits per heavy atom. The summed E-state index contributed by atoms with van der Waals surface area (Å²) in [4.78, 5) is 18.3. The van der Waals surface area contributed by atoms with Crippen molar-refractivity contribution in [1.29, 1.82) is 0 Å². The lowest BCUT2D eigenvalue weighted by molar-refractivity contribution is -0.289. The Balaban J connectivity index is 1.42. The Kier molecular flexibility index (Phi) is 3.95. The maximum atomic E-state index is 12.3. The SMILES string of the molecule is C[C@H]1ON([C@H]2O[C@H]([C@@H]3COC(C)(C)O3)[C@@H]3OC(C)(C)O[C@@H]32)[C@@H]2C(=O)OC[C@@H]21. The van der Waals surface area contributed by atoms with Gasteiger partial charge in [0.15, 0.2) is 17.8 Å². The molecule has 0 aromatic rings. The van der Waals surface area contributed by atoms with Gasteiger partial charge in [-0.05, 0) is 34.6 Å². The molecule has 5 heterocycles. The molecule has 0 aromatic heterocycles. The average molecular weight is 385 g/mol. The van der Waals surface area contributed by atoms with Crippen LogP contribution in [0.2, 0.25) is 0 Å². The summed E-state index contributed by atoms with van der Waals surface area (Å²) in [6.07, 6.45) is -2.15. The molecule has 27 heavy (non-hydrogen) atoms. The van der Waals surface area contributed by atoms with Gasteiger partial charge >= 0.3 is 5.97 Å². The number of hydrogen-bond acceptors (Lipinski definition) is 9. The summed E-state index contributed by atoms with van der Waals surface area (Å²) in [5.74, 6) is -1.73. The highest BCUT2D eigenvalue weighted by Crippen LogP contribution is 2.46. The van der Waals surface area contributed by atoms with E-state index in [1.807, 2.05) is 34.6 Å². The maximum Gasteiger partial charge on any atom is 0.326 e. The molecule has 9 nitrogen and oxygen atoms in total.